The monoisotopic (exact) mass is 433 g/mol. The molecule has 32 heavy (non-hydrogen) atoms. The molecule has 1 atom stereocenters. The predicted molar refractivity (Wildman–Crippen MR) is 131 cm³/mol. The Morgan fingerprint density at radius 1 is 1.09 bits per heavy atom. The largest absolute Gasteiger partial charge is 0.369 e. The number of rotatable bonds is 5. The summed E-state index contributed by atoms with van der Waals surface area (Å²) in [6.45, 7) is 6.22. The van der Waals surface area contributed by atoms with Crippen LogP contribution in [0.4, 0.5) is 23.0 Å². The number of nitrogens with zero attached hydrogens (tertiary/aromatic N) is 3. The zero-order chi connectivity index (χ0) is 21.9. The average Bonchev–Trinajstić information content (AvgIpc) is 2.81. The van der Waals surface area contributed by atoms with Crippen LogP contribution in [0.3, 0.4) is 0 Å². The fourth-order valence-electron chi connectivity index (χ4n) is 4.52. The van der Waals surface area contributed by atoms with Crippen molar-refractivity contribution in [1.29, 1.82) is 0 Å². The number of aromatic nitrogens is 2. The molecule has 5 rings (SSSR count). The van der Waals surface area contributed by atoms with Crippen LogP contribution in [-0.4, -0.2) is 67.2 Å². The third-order valence-electron chi connectivity index (χ3n) is 6.40. The molecule has 0 bridgehead atoms. The van der Waals surface area contributed by atoms with Gasteiger partial charge in [0.05, 0.1) is 5.39 Å². The van der Waals surface area contributed by atoms with Crippen LogP contribution in [0.5, 0.6) is 0 Å². The van der Waals surface area contributed by atoms with Gasteiger partial charge in [-0.3, -0.25) is 4.79 Å². The van der Waals surface area contributed by atoms with Gasteiger partial charge in [0, 0.05) is 56.3 Å². The normalized spacial score (nSPS) is 19.8. The van der Waals surface area contributed by atoms with Gasteiger partial charge in [-0.2, -0.15) is 0 Å². The van der Waals surface area contributed by atoms with Gasteiger partial charge in [-0.25, -0.2) is 4.98 Å². The number of hydrogen-bond donors (Lipinski definition) is 4. The maximum absolute atomic E-state index is 12.6. The van der Waals surface area contributed by atoms with Gasteiger partial charge in [-0.05, 0) is 68.2 Å². The highest BCUT2D eigenvalue weighted by Gasteiger charge is 2.17. The summed E-state index contributed by atoms with van der Waals surface area (Å²) in [5, 5.41) is 11.8. The first-order chi connectivity index (χ1) is 15.7. The SMILES string of the molecule is CN1CCN(c2ccc(Nc3nc(NC4CCCNC4)cc4cc[nH]c(=O)c34)cc2)CC1. The van der Waals surface area contributed by atoms with Gasteiger partial charge in [0.2, 0.25) is 0 Å². The van der Waals surface area contributed by atoms with Crippen LogP contribution in [0.25, 0.3) is 10.8 Å². The lowest BCUT2D eigenvalue weighted by atomic mass is 10.1. The molecule has 0 aliphatic carbocycles. The van der Waals surface area contributed by atoms with Crippen LogP contribution >= 0.6 is 0 Å². The molecule has 0 spiro atoms. The summed E-state index contributed by atoms with van der Waals surface area (Å²) < 4.78 is 0. The summed E-state index contributed by atoms with van der Waals surface area (Å²) in [7, 11) is 2.16. The number of nitrogens with one attached hydrogen (secondary N) is 4. The van der Waals surface area contributed by atoms with E-state index in [1.165, 1.54) is 5.69 Å². The van der Waals surface area contributed by atoms with E-state index in [4.69, 9.17) is 4.98 Å². The molecule has 0 radical (unpaired) electrons. The number of pyridine rings is 2. The molecule has 2 aromatic heterocycles. The van der Waals surface area contributed by atoms with Crippen molar-refractivity contribution in [1.82, 2.24) is 20.2 Å². The number of fused-ring (bicyclic) bond motifs is 1. The van der Waals surface area contributed by atoms with Crippen molar-refractivity contribution in [3.63, 3.8) is 0 Å². The number of likely N-dealkylation sites (N-methyl/N-ethyl adjacent to an activating group) is 1. The van der Waals surface area contributed by atoms with E-state index >= 15 is 0 Å². The van der Waals surface area contributed by atoms with E-state index in [-0.39, 0.29) is 5.56 Å². The Hall–Kier alpha value is -3.10. The second-order valence-corrected chi connectivity index (χ2v) is 8.78. The maximum Gasteiger partial charge on any atom is 0.259 e. The van der Waals surface area contributed by atoms with E-state index < -0.39 is 0 Å². The van der Waals surface area contributed by atoms with Crippen molar-refractivity contribution in [2.24, 2.45) is 0 Å². The lowest BCUT2D eigenvalue weighted by Gasteiger charge is -2.34. The molecule has 168 valence electrons. The average molecular weight is 434 g/mol. The third-order valence-corrected chi connectivity index (χ3v) is 6.40. The van der Waals surface area contributed by atoms with Gasteiger partial charge in [0.25, 0.3) is 5.56 Å². The van der Waals surface area contributed by atoms with Gasteiger partial charge >= 0.3 is 0 Å². The first-order valence-corrected chi connectivity index (χ1v) is 11.5. The van der Waals surface area contributed by atoms with Crippen molar-refractivity contribution in [2.45, 2.75) is 18.9 Å². The summed E-state index contributed by atoms with van der Waals surface area (Å²) in [6.07, 6.45) is 3.94. The van der Waals surface area contributed by atoms with Crippen LogP contribution in [0, 0.1) is 0 Å². The molecule has 2 aliphatic rings. The highest BCUT2D eigenvalue weighted by Crippen LogP contribution is 2.27. The summed E-state index contributed by atoms with van der Waals surface area (Å²) in [4.78, 5) is 24.9. The fourth-order valence-corrected chi connectivity index (χ4v) is 4.52. The lowest BCUT2D eigenvalue weighted by molar-refractivity contribution is 0.313. The van der Waals surface area contributed by atoms with Crippen molar-refractivity contribution in [2.75, 3.05) is 61.8 Å². The molecular formula is C24H31N7O. The molecule has 8 heteroatoms. The van der Waals surface area contributed by atoms with E-state index in [1.54, 1.807) is 6.20 Å². The second-order valence-electron chi connectivity index (χ2n) is 8.78. The van der Waals surface area contributed by atoms with Crippen molar-refractivity contribution >= 4 is 33.8 Å². The molecule has 2 saturated heterocycles. The summed E-state index contributed by atoms with van der Waals surface area (Å²) in [6, 6.07) is 12.6. The third kappa shape index (κ3) is 4.56. The van der Waals surface area contributed by atoms with Crippen LogP contribution < -0.4 is 26.4 Å². The highest BCUT2D eigenvalue weighted by atomic mass is 16.1. The van der Waals surface area contributed by atoms with Crippen LogP contribution in [0.15, 0.2) is 47.4 Å². The predicted octanol–water partition coefficient (Wildman–Crippen LogP) is 2.58. The standard InChI is InChI=1S/C24H31N7O/c1-30-11-13-31(14-12-30)20-6-4-18(5-7-20)28-23-22-17(8-10-26-24(22)32)15-21(29-23)27-19-3-2-9-25-16-19/h4-8,10,15,19,25H,2-3,9,11-14,16H2,1H3,(H,26,32)(H2,27,28,29). The Labute approximate surface area is 188 Å². The minimum absolute atomic E-state index is 0.141. The molecule has 4 N–H and O–H groups in total. The quantitative estimate of drug-likeness (QED) is 0.492. The van der Waals surface area contributed by atoms with E-state index in [1.807, 2.05) is 12.1 Å². The molecular weight excluding hydrogens is 402 g/mol. The highest BCUT2D eigenvalue weighted by molar-refractivity contribution is 5.94. The molecule has 2 fully saturated rings. The summed E-state index contributed by atoms with van der Waals surface area (Å²) in [5.41, 5.74) is 1.99. The summed E-state index contributed by atoms with van der Waals surface area (Å²) in [5.74, 6) is 1.36. The van der Waals surface area contributed by atoms with Crippen molar-refractivity contribution < 1.29 is 0 Å². The lowest BCUT2D eigenvalue weighted by Crippen LogP contribution is -2.44. The van der Waals surface area contributed by atoms with Gasteiger partial charge in [0.15, 0.2) is 0 Å². The number of piperidine rings is 1. The molecule has 2 aliphatic heterocycles. The van der Waals surface area contributed by atoms with Gasteiger partial charge < -0.3 is 30.7 Å². The Morgan fingerprint density at radius 3 is 2.66 bits per heavy atom. The topological polar surface area (TPSA) is 88.3 Å². The summed E-state index contributed by atoms with van der Waals surface area (Å²) >= 11 is 0. The number of benzene rings is 1. The van der Waals surface area contributed by atoms with Crippen molar-refractivity contribution in [3.05, 3.63) is 52.9 Å². The van der Waals surface area contributed by atoms with E-state index in [2.05, 4.69) is 62.0 Å². The second kappa shape index (κ2) is 9.18. The van der Waals surface area contributed by atoms with E-state index in [0.717, 1.165) is 69.0 Å². The van der Waals surface area contributed by atoms with Gasteiger partial charge in [-0.1, -0.05) is 0 Å². The molecule has 0 amide bonds. The van der Waals surface area contributed by atoms with E-state index in [9.17, 15) is 4.79 Å². The molecule has 1 aromatic carbocycles. The minimum atomic E-state index is -0.141. The fraction of sp³-hybridized carbons (Fsp3) is 0.417. The number of H-pyrrole nitrogens is 1. The van der Waals surface area contributed by atoms with Crippen LogP contribution in [-0.2, 0) is 0 Å². The maximum atomic E-state index is 12.6. The van der Waals surface area contributed by atoms with E-state index in [0.29, 0.717) is 17.2 Å². The number of anilines is 4. The smallest absolute Gasteiger partial charge is 0.259 e. The first-order valence-electron chi connectivity index (χ1n) is 11.5. The number of aromatic amines is 1. The molecule has 8 nitrogen and oxygen atoms in total. The van der Waals surface area contributed by atoms with Crippen molar-refractivity contribution in [3.8, 4) is 0 Å². The van der Waals surface area contributed by atoms with Gasteiger partial charge in [0.1, 0.15) is 11.6 Å². The Bertz CT molecular complexity index is 1110. The zero-order valence-corrected chi connectivity index (χ0v) is 18.5. The molecule has 1 unspecified atom stereocenters. The molecule has 4 heterocycles. The van der Waals surface area contributed by atoms with Crippen LogP contribution in [0.2, 0.25) is 0 Å². The minimum Gasteiger partial charge on any atom is -0.369 e. The number of piperazine rings is 1. The molecule has 0 saturated carbocycles. The Morgan fingerprint density at radius 2 is 1.91 bits per heavy atom. The number of hydrogen-bond acceptors (Lipinski definition) is 7. The molecule has 3 aromatic rings. The zero-order valence-electron chi connectivity index (χ0n) is 18.5. The van der Waals surface area contributed by atoms with Crippen LogP contribution in [0.1, 0.15) is 12.8 Å². The Balaban J connectivity index is 1.40. The van der Waals surface area contributed by atoms with Gasteiger partial charge in [-0.15, -0.1) is 0 Å². The first kappa shape index (κ1) is 20.8. The Kier molecular flexibility index (Phi) is 5.96.